The van der Waals surface area contributed by atoms with Crippen molar-refractivity contribution >= 4 is 32.3 Å². The van der Waals surface area contributed by atoms with Crippen molar-refractivity contribution in [2.75, 3.05) is 0 Å². The van der Waals surface area contributed by atoms with Crippen LogP contribution in [0.15, 0.2) is 158 Å². The molecule has 9 rings (SSSR count). The Morgan fingerprint density at radius 2 is 0.977 bits per heavy atom. The molecule has 0 spiro atoms. The van der Waals surface area contributed by atoms with Gasteiger partial charge in [0.1, 0.15) is 11.5 Å². The van der Waals surface area contributed by atoms with Crippen LogP contribution in [0, 0.1) is 0 Å². The van der Waals surface area contributed by atoms with Crippen LogP contribution in [0.2, 0.25) is 0 Å². The number of ether oxygens (including phenoxy) is 1. The zero-order chi connectivity index (χ0) is 31.8. The Kier molecular flexibility index (Phi) is 4.45. The van der Waals surface area contributed by atoms with Gasteiger partial charge in [0.05, 0.1) is 5.48 Å². The molecule has 0 aromatic heterocycles. The minimum atomic E-state index is -0.246. The molecule has 0 unspecified atom stereocenters. The van der Waals surface area contributed by atoms with Crippen LogP contribution in [0.25, 0.3) is 76.8 Å². The molecule has 8 aromatic rings. The van der Waals surface area contributed by atoms with E-state index in [2.05, 4.69) is 72.8 Å². The summed E-state index contributed by atoms with van der Waals surface area (Å²) in [5.74, 6) is 1.58. The van der Waals surface area contributed by atoms with Crippen molar-refractivity contribution in [2.45, 2.75) is 0 Å². The van der Waals surface area contributed by atoms with Crippen LogP contribution < -0.4 is 4.74 Å². The van der Waals surface area contributed by atoms with E-state index < -0.39 is 0 Å². The van der Waals surface area contributed by atoms with Crippen LogP contribution in [-0.2, 0) is 0 Å². The quantitative estimate of drug-likeness (QED) is 0.199. The lowest BCUT2D eigenvalue weighted by molar-refractivity contribution is 0.487. The smallest absolute Gasteiger partial charge is 0.135 e. The predicted molar refractivity (Wildman–Crippen MR) is 181 cm³/mol. The van der Waals surface area contributed by atoms with E-state index in [-0.39, 0.29) is 24.2 Å². The predicted octanol–water partition coefficient (Wildman–Crippen LogP) is 11.9. The van der Waals surface area contributed by atoms with E-state index in [0.29, 0.717) is 10.8 Å². The first kappa shape index (κ1) is 20.3. The van der Waals surface area contributed by atoms with Crippen molar-refractivity contribution in [3.05, 3.63) is 158 Å². The third-order valence-corrected chi connectivity index (χ3v) is 8.60. The van der Waals surface area contributed by atoms with Gasteiger partial charge < -0.3 is 4.74 Å². The number of hydrogen-bond acceptors (Lipinski definition) is 1. The highest BCUT2D eigenvalue weighted by Gasteiger charge is 2.23. The Bertz CT molecular complexity index is 2570. The number of para-hydroxylation sites is 1. The van der Waals surface area contributed by atoms with Crippen LogP contribution in [0.5, 0.6) is 11.5 Å². The average molecular weight is 551 g/mol. The third kappa shape index (κ3) is 3.65. The molecule has 1 aliphatic heterocycles. The second-order valence-corrected chi connectivity index (χ2v) is 10.9. The number of hydrogen-bond donors (Lipinski definition) is 0. The van der Waals surface area contributed by atoms with E-state index in [9.17, 15) is 2.74 Å². The molecule has 0 bridgehead atoms. The fourth-order valence-corrected chi connectivity index (χ4v) is 6.71. The highest BCUT2D eigenvalue weighted by molar-refractivity contribution is 6.24. The van der Waals surface area contributed by atoms with Gasteiger partial charge in [-0.25, -0.2) is 0 Å². The summed E-state index contributed by atoms with van der Waals surface area (Å²) in [6.45, 7) is 0. The van der Waals surface area contributed by atoms with Crippen molar-refractivity contribution in [1.82, 2.24) is 0 Å². The Balaban J connectivity index is 1.41. The zero-order valence-corrected chi connectivity index (χ0v) is 23.1. The largest absolute Gasteiger partial charge is 0.456 e. The van der Waals surface area contributed by atoms with Gasteiger partial charge in [-0.3, -0.25) is 0 Å². The molecule has 0 N–H and O–H groups in total. The molecule has 0 saturated heterocycles. The molecule has 8 aromatic carbocycles. The molecule has 1 aliphatic rings. The summed E-state index contributed by atoms with van der Waals surface area (Å²) in [6.07, 6.45) is 0. The molecule has 43 heavy (non-hydrogen) atoms. The summed E-state index contributed by atoms with van der Waals surface area (Å²) in [5.41, 5.74) is 7.66. The summed E-state index contributed by atoms with van der Waals surface area (Å²) in [4.78, 5) is 0. The fourth-order valence-electron chi connectivity index (χ4n) is 6.71. The zero-order valence-electron chi connectivity index (χ0n) is 27.1. The lowest BCUT2D eigenvalue weighted by atomic mass is 9.83. The van der Waals surface area contributed by atoms with Crippen molar-refractivity contribution in [2.24, 2.45) is 0 Å². The minimum Gasteiger partial charge on any atom is -0.456 e. The number of fused-ring (bicyclic) bond motifs is 4. The second-order valence-electron chi connectivity index (χ2n) is 10.9. The lowest BCUT2D eigenvalue weighted by Crippen LogP contribution is -1.98. The molecule has 0 radical (unpaired) electrons. The maximum Gasteiger partial charge on any atom is 0.135 e. The van der Waals surface area contributed by atoms with Crippen molar-refractivity contribution < 1.29 is 10.2 Å². The summed E-state index contributed by atoms with van der Waals surface area (Å²) in [7, 11) is 0. The Morgan fingerprint density at radius 3 is 1.79 bits per heavy atom. The first-order chi connectivity index (χ1) is 23.0. The van der Waals surface area contributed by atoms with Crippen molar-refractivity contribution in [1.29, 1.82) is 0 Å². The van der Waals surface area contributed by atoms with Gasteiger partial charge in [-0.05, 0) is 84.1 Å². The van der Waals surface area contributed by atoms with Gasteiger partial charge in [-0.15, -0.1) is 0 Å². The molecular weight excluding hydrogens is 520 g/mol. The normalized spacial score (nSPS) is 13.2. The number of benzene rings is 8. The Hall–Kier alpha value is -5.66. The number of rotatable bonds is 3. The van der Waals surface area contributed by atoms with Crippen LogP contribution in [0.4, 0.5) is 0 Å². The molecule has 0 fully saturated rings. The Labute approximate surface area is 255 Å². The van der Waals surface area contributed by atoms with E-state index in [1.54, 1.807) is 0 Å². The Morgan fingerprint density at radius 1 is 0.372 bits per heavy atom. The van der Waals surface area contributed by atoms with Crippen LogP contribution in [0.1, 0.15) is 5.48 Å². The molecule has 0 aliphatic carbocycles. The minimum absolute atomic E-state index is 0.0462. The molecule has 1 heterocycles. The third-order valence-electron chi connectivity index (χ3n) is 8.60. The monoisotopic (exact) mass is 550 g/mol. The summed E-state index contributed by atoms with van der Waals surface area (Å²) in [6, 6.07) is 44.3. The van der Waals surface area contributed by atoms with Gasteiger partial charge >= 0.3 is 0 Å². The first-order valence-electron chi connectivity index (χ1n) is 16.4. The van der Waals surface area contributed by atoms with Crippen LogP contribution in [0.3, 0.4) is 0 Å². The van der Waals surface area contributed by atoms with Gasteiger partial charge in [0, 0.05) is 10.9 Å². The molecule has 0 amide bonds. The maximum absolute atomic E-state index is 9.32. The van der Waals surface area contributed by atoms with E-state index in [1.165, 1.54) is 0 Å². The van der Waals surface area contributed by atoms with Crippen molar-refractivity contribution in [3.8, 4) is 56.0 Å². The second kappa shape index (κ2) is 9.44. The van der Waals surface area contributed by atoms with Crippen molar-refractivity contribution in [3.63, 3.8) is 0 Å². The lowest BCUT2D eigenvalue weighted by Gasteiger charge is -2.24. The highest BCUT2D eigenvalue weighted by Crippen LogP contribution is 2.51. The van der Waals surface area contributed by atoms with E-state index in [0.717, 1.165) is 77.6 Å². The summed E-state index contributed by atoms with van der Waals surface area (Å²) < 4.78 is 42.5. The highest BCUT2D eigenvalue weighted by atomic mass is 16.5. The fraction of sp³-hybridized carbons (Fsp3) is 0. The summed E-state index contributed by atoms with van der Waals surface area (Å²) in [5, 5.41) is 4.82. The molecular formula is C42H26O. The molecule has 200 valence electrons. The first-order valence-corrected chi connectivity index (χ1v) is 14.4. The van der Waals surface area contributed by atoms with E-state index >= 15 is 0 Å². The average Bonchev–Trinajstić information content (AvgIpc) is 3.13. The van der Waals surface area contributed by atoms with Gasteiger partial charge in [0.15, 0.2) is 0 Å². The molecule has 0 atom stereocenters. The SMILES string of the molecule is [2H]c1c([2H])c([2H])c2c(-c3ccc4c5c(cccc35)-c3ccccc3O4)c3ccccc3c(-c3ccc(-c4ccccc4)cc3)c2c1[2H]. The van der Waals surface area contributed by atoms with Gasteiger partial charge in [-0.1, -0.05) is 139 Å². The van der Waals surface area contributed by atoms with Gasteiger partial charge in [-0.2, -0.15) is 0 Å². The van der Waals surface area contributed by atoms with E-state index in [4.69, 9.17) is 7.48 Å². The summed E-state index contributed by atoms with van der Waals surface area (Å²) >= 11 is 0. The molecule has 0 saturated carbocycles. The molecule has 1 nitrogen and oxygen atoms in total. The molecule has 1 heteroatoms. The van der Waals surface area contributed by atoms with Gasteiger partial charge in [0.2, 0.25) is 0 Å². The standard InChI is InChI=1S/C42H26O/c1-2-11-27(12-3-1)28-21-23-29(24-22-28)40-32-14-4-6-16-34(32)41(35-17-7-5-15-33(35)40)37-25-26-39-42-31(18-10-19-36(37)42)30-13-8-9-20-38(30)43-39/h1-26H/i4D,6D,14D,16D. The maximum atomic E-state index is 9.32. The van der Waals surface area contributed by atoms with Gasteiger partial charge in [0.25, 0.3) is 0 Å². The topological polar surface area (TPSA) is 9.23 Å². The van der Waals surface area contributed by atoms with Crippen LogP contribution >= 0.6 is 0 Å². The van der Waals surface area contributed by atoms with E-state index in [1.807, 2.05) is 60.7 Å². The van der Waals surface area contributed by atoms with Crippen LogP contribution in [-0.4, -0.2) is 0 Å².